The quantitative estimate of drug-likeness (QED) is 0.805. The molecule has 0 radical (unpaired) electrons. The average molecular weight is 223 g/mol. The van der Waals surface area contributed by atoms with E-state index in [1.54, 1.807) is 12.1 Å². The fraction of sp³-hybridized carbons (Fsp3) is 0.200. The van der Waals surface area contributed by atoms with Crippen LogP contribution in [0, 0.1) is 0 Å². The van der Waals surface area contributed by atoms with E-state index in [2.05, 4.69) is 9.97 Å². The van der Waals surface area contributed by atoms with Crippen molar-refractivity contribution in [3.8, 4) is 0 Å². The van der Waals surface area contributed by atoms with E-state index in [0.29, 0.717) is 29.6 Å². The summed E-state index contributed by atoms with van der Waals surface area (Å²) in [6, 6.07) is 5.36. The highest BCUT2D eigenvalue weighted by Gasteiger charge is 2.04. The van der Waals surface area contributed by atoms with Crippen molar-refractivity contribution in [3.63, 3.8) is 0 Å². The number of anilines is 1. The molecular formula is C10H11ClN4. The Bertz CT molecular complexity index is 498. The first kappa shape index (κ1) is 10.1. The molecule has 0 amide bonds. The molecule has 0 aliphatic rings. The topological polar surface area (TPSA) is 77.8 Å². The lowest BCUT2D eigenvalue weighted by molar-refractivity contribution is 0.882. The molecule has 78 valence electrons. The molecule has 0 aliphatic carbocycles. The second kappa shape index (κ2) is 4.00. The van der Waals surface area contributed by atoms with Crippen LogP contribution in [-0.4, -0.2) is 16.5 Å². The van der Waals surface area contributed by atoms with E-state index in [9.17, 15) is 0 Å². The fourth-order valence-corrected chi connectivity index (χ4v) is 1.58. The van der Waals surface area contributed by atoms with Gasteiger partial charge in [0.05, 0.1) is 5.52 Å². The van der Waals surface area contributed by atoms with Crippen molar-refractivity contribution < 1.29 is 0 Å². The highest BCUT2D eigenvalue weighted by Crippen LogP contribution is 2.21. The van der Waals surface area contributed by atoms with Crippen molar-refractivity contribution in [1.82, 2.24) is 9.97 Å². The largest absolute Gasteiger partial charge is 0.383 e. The predicted octanol–water partition coefficient (Wildman–Crippen LogP) is 1.37. The second-order valence-corrected chi connectivity index (χ2v) is 3.66. The minimum atomic E-state index is 0.472. The van der Waals surface area contributed by atoms with Crippen LogP contribution in [0.3, 0.4) is 0 Å². The van der Waals surface area contributed by atoms with E-state index in [4.69, 9.17) is 23.1 Å². The lowest BCUT2D eigenvalue weighted by atomic mass is 10.2. The Hall–Kier alpha value is -1.39. The van der Waals surface area contributed by atoms with E-state index in [1.807, 2.05) is 6.07 Å². The number of halogens is 1. The molecule has 0 saturated carbocycles. The van der Waals surface area contributed by atoms with Crippen LogP contribution in [0.4, 0.5) is 5.82 Å². The highest BCUT2D eigenvalue weighted by molar-refractivity contribution is 6.31. The smallest absolute Gasteiger partial charge is 0.135 e. The molecule has 0 aliphatic heterocycles. The number of nitrogens with two attached hydrogens (primary N) is 2. The van der Waals surface area contributed by atoms with Crippen LogP contribution in [-0.2, 0) is 6.42 Å². The third kappa shape index (κ3) is 2.00. The van der Waals surface area contributed by atoms with Gasteiger partial charge in [-0.1, -0.05) is 11.6 Å². The summed E-state index contributed by atoms with van der Waals surface area (Å²) < 4.78 is 0. The molecule has 0 unspecified atom stereocenters. The minimum absolute atomic E-state index is 0.472. The monoisotopic (exact) mass is 222 g/mol. The Morgan fingerprint density at radius 1 is 1.27 bits per heavy atom. The van der Waals surface area contributed by atoms with Crippen molar-refractivity contribution >= 4 is 28.3 Å². The molecule has 0 bridgehead atoms. The predicted molar refractivity (Wildman–Crippen MR) is 61.7 cm³/mol. The Morgan fingerprint density at radius 2 is 2.07 bits per heavy atom. The lowest BCUT2D eigenvalue weighted by Gasteiger charge is -2.04. The van der Waals surface area contributed by atoms with E-state index in [1.165, 1.54) is 0 Å². The first-order chi connectivity index (χ1) is 7.20. The standard InChI is InChI=1S/C10H11ClN4/c11-6-1-2-7-8(5-6)14-9(3-4-12)15-10(7)13/h1-2,5H,3-4,12H2,(H2,13,14,15). The molecule has 0 spiro atoms. The van der Waals surface area contributed by atoms with Gasteiger partial charge < -0.3 is 11.5 Å². The molecule has 1 aromatic carbocycles. The Kier molecular flexibility index (Phi) is 2.70. The molecule has 0 atom stereocenters. The SMILES string of the molecule is NCCc1nc(N)c2ccc(Cl)cc2n1. The van der Waals surface area contributed by atoms with E-state index < -0.39 is 0 Å². The summed E-state index contributed by atoms with van der Waals surface area (Å²) in [5, 5.41) is 1.46. The molecule has 0 fully saturated rings. The van der Waals surface area contributed by atoms with Crippen molar-refractivity contribution in [2.75, 3.05) is 12.3 Å². The molecule has 15 heavy (non-hydrogen) atoms. The van der Waals surface area contributed by atoms with Gasteiger partial charge in [0.1, 0.15) is 11.6 Å². The number of nitrogen functional groups attached to an aromatic ring is 1. The summed E-state index contributed by atoms with van der Waals surface area (Å²) in [6.45, 7) is 0.505. The molecule has 5 heteroatoms. The van der Waals surface area contributed by atoms with Crippen molar-refractivity contribution in [2.45, 2.75) is 6.42 Å². The van der Waals surface area contributed by atoms with Gasteiger partial charge in [-0.15, -0.1) is 0 Å². The summed E-state index contributed by atoms with van der Waals surface area (Å²) in [5.74, 6) is 1.13. The number of benzene rings is 1. The third-order valence-corrected chi connectivity index (χ3v) is 2.34. The van der Waals surface area contributed by atoms with E-state index >= 15 is 0 Å². The summed E-state index contributed by atoms with van der Waals surface area (Å²) in [4.78, 5) is 8.50. The molecule has 4 nitrogen and oxygen atoms in total. The first-order valence-electron chi connectivity index (χ1n) is 4.62. The maximum atomic E-state index is 5.87. The van der Waals surface area contributed by atoms with Crippen molar-refractivity contribution in [2.24, 2.45) is 5.73 Å². The molecule has 2 aromatic rings. The van der Waals surface area contributed by atoms with Gasteiger partial charge in [-0.05, 0) is 24.7 Å². The van der Waals surface area contributed by atoms with Gasteiger partial charge in [0.25, 0.3) is 0 Å². The van der Waals surface area contributed by atoms with E-state index in [-0.39, 0.29) is 0 Å². The average Bonchev–Trinajstić information content (AvgIpc) is 2.17. The first-order valence-corrected chi connectivity index (χ1v) is 5.00. The van der Waals surface area contributed by atoms with Crippen LogP contribution < -0.4 is 11.5 Å². The molecule has 4 N–H and O–H groups in total. The maximum absolute atomic E-state index is 5.87. The Balaban J connectivity index is 2.63. The zero-order chi connectivity index (χ0) is 10.8. The molecule has 2 rings (SSSR count). The molecule has 0 saturated heterocycles. The number of hydrogen-bond acceptors (Lipinski definition) is 4. The Labute approximate surface area is 92.3 Å². The van der Waals surface area contributed by atoms with Crippen molar-refractivity contribution in [1.29, 1.82) is 0 Å². The summed E-state index contributed by atoms with van der Waals surface area (Å²) in [5.41, 5.74) is 12.0. The minimum Gasteiger partial charge on any atom is -0.383 e. The van der Waals surface area contributed by atoms with Crippen molar-refractivity contribution in [3.05, 3.63) is 29.0 Å². The van der Waals surface area contributed by atoms with Gasteiger partial charge in [0.15, 0.2) is 0 Å². The fourth-order valence-electron chi connectivity index (χ4n) is 1.42. The second-order valence-electron chi connectivity index (χ2n) is 3.23. The van der Waals surface area contributed by atoms with Crippen LogP contribution in [0.1, 0.15) is 5.82 Å². The zero-order valence-electron chi connectivity index (χ0n) is 8.07. The number of hydrogen-bond donors (Lipinski definition) is 2. The summed E-state index contributed by atoms with van der Waals surface area (Å²) in [7, 11) is 0. The van der Waals surface area contributed by atoms with Gasteiger partial charge in [-0.25, -0.2) is 9.97 Å². The zero-order valence-corrected chi connectivity index (χ0v) is 8.83. The third-order valence-electron chi connectivity index (χ3n) is 2.10. The Morgan fingerprint density at radius 3 is 2.80 bits per heavy atom. The van der Waals surface area contributed by atoms with Crippen LogP contribution in [0.25, 0.3) is 10.9 Å². The van der Waals surface area contributed by atoms with Gasteiger partial charge in [0.2, 0.25) is 0 Å². The number of rotatable bonds is 2. The summed E-state index contributed by atoms with van der Waals surface area (Å²) in [6.07, 6.45) is 0.618. The lowest BCUT2D eigenvalue weighted by Crippen LogP contribution is -2.08. The van der Waals surface area contributed by atoms with Gasteiger partial charge in [0, 0.05) is 16.8 Å². The number of nitrogens with zero attached hydrogens (tertiary/aromatic N) is 2. The molecule has 1 heterocycles. The van der Waals surface area contributed by atoms with Crippen LogP contribution in [0.5, 0.6) is 0 Å². The van der Waals surface area contributed by atoms with Crippen LogP contribution in [0.15, 0.2) is 18.2 Å². The van der Waals surface area contributed by atoms with Gasteiger partial charge in [-0.2, -0.15) is 0 Å². The van der Waals surface area contributed by atoms with Gasteiger partial charge in [-0.3, -0.25) is 0 Å². The summed E-state index contributed by atoms with van der Waals surface area (Å²) >= 11 is 5.87. The molecular weight excluding hydrogens is 212 g/mol. The molecule has 1 aromatic heterocycles. The van der Waals surface area contributed by atoms with Gasteiger partial charge >= 0.3 is 0 Å². The maximum Gasteiger partial charge on any atom is 0.135 e. The highest BCUT2D eigenvalue weighted by atomic mass is 35.5. The van der Waals surface area contributed by atoms with Crippen LogP contribution >= 0.6 is 11.6 Å². The van der Waals surface area contributed by atoms with Crippen LogP contribution in [0.2, 0.25) is 5.02 Å². The van der Waals surface area contributed by atoms with E-state index in [0.717, 1.165) is 10.9 Å². The number of aromatic nitrogens is 2. The number of fused-ring (bicyclic) bond motifs is 1. The normalized spacial score (nSPS) is 10.8.